The van der Waals surface area contributed by atoms with Crippen LogP contribution in [-0.4, -0.2) is 38.6 Å². The monoisotopic (exact) mass is 361 g/mol. The summed E-state index contributed by atoms with van der Waals surface area (Å²) < 4.78 is 44.9. The average molecular weight is 362 g/mol. The van der Waals surface area contributed by atoms with Gasteiger partial charge in [-0.15, -0.1) is 5.10 Å². The number of carboxylic acid groups (broad SMARTS) is 1. The van der Waals surface area contributed by atoms with E-state index in [2.05, 4.69) is 10.1 Å². The summed E-state index contributed by atoms with van der Waals surface area (Å²) in [6, 6.07) is 4.04. The van der Waals surface area contributed by atoms with Gasteiger partial charge in [0.2, 0.25) is 5.88 Å². The van der Waals surface area contributed by atoms with E-state index < -0.39 is 24.2 Å². The van der Waals surface area contributed by atoms with Gasteiger partial charge in [-0.2, -0.15) is 13.2 Å². The molecule has 0 radical (unpaired) electrons. The van der Waals surface area contributed by atoms with Gasteiger partial charge in [-0.25, -0.2) is 14.5 Å². The molecule has 3 rings (SSSR count). The lowest BCUT2D eigenvalue weighted by atomic mass is 10.1. The van der Waals surface area contributed by atoms with E-state index in [0.29, 0.717) is 0 Å². The van der Waals surface area contributed by atoms with Gasteiger partial charge in [0, 0.05) is 12.3 Å². The van der Waals surface area contributed by atoms with Gasteiger partial charge in [-0.1, -0.05) is 11.6 Å². The predicted octanol–water partition coefficient (Wildman–Crippen LogP) is 3.34. The normalized spacial score (nSPS) is 16.0. The SMILES string of the molecule is O=C(O)c1ccc(-n2ccc(OCC3(C(F)(F)F)CC3)n2)nc1Cl. The Morgan fingerprint density at radius 3 is 2.62 bits per heavy atom. The van der Waals surface area contributed by atoms with Gasteiger partial charge in [0.05, 0.1) is 5.56 Å². The number of hydrogen-bond donors (Lipinski definition) is 1. The highest BCUT2D eigenvalue weighted by Crippen LogP contribution is 2.57. The Balaban J connectivity index is 1.72. The number of halogens is 4. The number of rotatable bonds is 5. The maximum Gasteiger partial charge on any atom is 0.397 e. The lowest BCUT2D eigenvalue weighted by Crippen LogP contribution is -2.30. The van der Waals surface area contributed by atoms with Crippen molar-refractivity contribution in [3.05, 3.63) is 35.1 Å². The summed E-state index contributed by atoms with van der Waals surface area (Å²) in [6.07, 6.45) is -2.77. The highest BCUT2D eigenvalue weighted by Gasteiger charge is 2.63. The maximum absolute atomic E-state index is 12.8. The zero-order valence-electron chi connectivity index (χ0n) is 12.0. The summed E-state index contributed by atoms with van der Waals surface area (Å²) in [5.41, 5.74) is -1.94. The van der Waals surface area contributed by atoms with E-state index in [9.17, 15) is 18.0 Å². The Labute approximate surface area is 138 Å². The van der Waals surface area contributed by atoms with Crippen molar-refractivity contribution in [2.75, 3.05) is 6.61 Å². The molecule has 1 aliphatic carbocycles. The quantitative estimate of drug-likeness (QED) is 0.826. The van der Waals surface area contributed by atoms with E-state index in [1.807, 2.05) is 0 Å². The van der Waals surface area contributed by atoms with Crippen molar-refractivity contribution in [1.29, 1.82) is 0 Å². The molecule has 1 fully saturated rings. The summed E-state index contributed by atoms with van der Waals surface area (Å²) in [5.74, 6) is -0.979. The molecule has 1 N–H and O–H groups in total. The molecule has 1 aliphatic rings. The van der Waals surface area contributed by atoms with Crippen LogP contribution in [0, 0.1) is 5.41 Å². The number of nitrogens with zero attached hydrogens (tertiary/aromatic N) is 3. The second-order valence-electron chi connectivity index (χ2n) is 5.48. The van der Waals surface area contributed by atoms with Crippen LogP contribution in [-0.2, 0) is 0 Å². The Morgan fingerprint density at radius 2 is 2.08 bits per heavy atom. The molecule has 24 heavy (non-hydrogen) atoms. The third-order valence-electron chi connectivity index (χ3n) is 3.82. The first-order valence-corrected chi connectivity index (χ1v) is 7.25. The highest BCUT2D eigenvalue weighted by molar-refractivity contribution is 6.32. The number of alkyl halides is 3. The molecule has 0 aromatic carbocycles. The fourth-order valence-electron chi connectivity index (χ4n) is 2.10. The first-order chi connectivity index (χ1) is 11.2. The van der Waals surface area contributed by atoms with Crippen LogP contribution in [0.3, 0.4) is 0 Å². The van der Waals surface area contributed by atoms with Crippen molar-refractivity contribution in [3.63, 3.8) is 0 Å². The summed E-state index contributed by atoms with van der Waals surface area (Å²) >= 11 is 5.77. The van der Waals surface area contributed by atoms with E-state index in [1.165, 1.54) is 29.1 Å². The molecule has 0 atom stereocenters. The molecule has 2 aromatic heterocycles. The standard InChI is InChI=1S/C14H11ClF3N3O3/c15-11-8(12(22)23)1-2-9(19-11)21-6-3-10(20-21)24-7-13(4-5-13)14(16,17)18/h1-3,6H,4-5,7H2,(H,22,23). The van der Waals surface area contributed by atoms with Gasteiger partial charge in [-0.05, 0) is 25.0 Å². The van der Waals surface area contributed by atoms with Gasteiger partial charge in [0.25, 0.3) is 0 Å². The molecule has 0 unspecified atom stereocenters. The average Bonchev–Trinajstić information content (AvgIpc) is 3.16. The van der Waals surface area contributed by atoms with Crippen molar-refractivity contribution in [1.82, 2.24) is 14.8 Å². The van der Waals surface area contributed by atoms with E-state index >= 15 is 0 Å². The van der Waals surface area contributed by atoms with E-state index in [4.69, 9.17) is 21.4 Å². The molecule has 0 spiro atoms. The zero-order valence-corrected chi connectivity index (χ0v) is 12.8. The van der Waals surface area contributed by atoms with Gasteiger partial charge in [0.15, 0.2) is 5.82 Å². The van der Waals surface area contributed by atoms with Crippen LogP contribution in [0.5, 0.6) is 5.88 Å². The number of pyridine rings is 1. The van der Waals surface area contributed by atoms with Crippen LogP contribution >= 0.6 is 11.6 Å². The Bertz CT molecular complexity index is 787. The van der Waals surface area contributed by atoms with Crippen molar-refractivity contribution >= 4 is 17.6 Å². The van der Waals surface area contributed by atoms with Gasteiger partial charge in [-0.3, -0.25) is 0 Å². The van der Waals surface area contributed by atoms with Crippen LogP contribution in [0.25, 0.3) is 5.82 Å². The number of aromatic carboxylic acids is 1. The molecule has 6 nitrogen and oxygen atoms in total. The lowest BCUT2D eigenvalue weighted by molar-refractivity contribution is -0.194. The molecular weight excluding hydrogens is 351 g/mol. The number of carboxylic acids is 1. The van der Waals surface area contributed by atoms with Crippen molar-refractivity contribution in [3.8, 4) is 11.7 Å². The fraction of sp³-hybridized carbons (Fsp3) is 0.357. The second-order valence-corrected chi connectivity index (χ2v) is 5.84. The molecule has 1 saturated carbocycles. The summed E-state index contributed by atoms with van der Waals surface area (Å²) in [5, 5.41) is 12.6. The van der Waals surface area contributed by atoms with Crippen LogP contribution < -0.4 is 4.74 Å². The summed E-state index contributed by atoms with van der Waals surface area (Å²) in [4.78, 5) is 14.8. The number of aromatic nitrogens is 3. The molecule has 0 amide bonds. The Hall–Kier alpha value is -2.29. The third-order valence-corrected chi connectivity index (χ3v) is 4.10. The third kappa shape index (κ3) is 3.03. The minimum Gasteiger partial charge on any atom is -0.478 e. The first kappa shape index (κ1) is 16.6. The minimum atomic E-state index is -4.29. The van der Waals surface area contributed by atoms with Crippen LogP contribution in [0.1, 0.15) is 23.2 Å². The Kier molecular flexibility index (Phi) is 3.90. The van der Waals surface area contributed by atoms with Crippen molar-refractivity contribution < 1.29 is 27.8 Å². The summed E-state index contributed by atoms with van der Waals surface area (Å²) in [6.45, 7) is -0.486. The minimum absolute atomic E-state index is 0.0192. The van der Waals surface area contributed by atoms with Crippen LogP contribution in [0.4, 0.5) is 13.2 Å². The molecule has 2 aromatic rings. The smallest absolute Gasteiger partial charge is 0.397 e. The molecular formula is C14H11ClF3N3O3. The zero-order chi connectivity index (χ0) is 17.5. The molecule has 10 heteroatoms. The molecule has 128 valence electrons. The largest absolute Gasteiger partial charge is 0.478 e. The van der Waals surface area contributed by atoms with Crippen LogP contribution in [0.2, 0.25) is 5.15 Å². The van der Waals surface area contributed by atoms with E-state index in [0.717, 1.165) is 0 Å². The van der Waals surface area contributed by atoms with E-state index in [-0.39, 0.29) is 35.3 Å². The number of carbonyl (C=O) groups is 1. The van der Waals surface area contributed by atoms with Gasteiger partial charge in [0.1, 0.15) is 17.2 Å². The second kappa shape index (κ2) is 5.66. The molecule has 0 aliphatic heterocycles. The first-order valence-electron chi connectivity index (χ1n) is 6.87. The highest BCUT2D eigenvalue weighted by atomic mass is 35.5. The van der Waals surface area contributed by atoms with E-state index in [1.54, 1.807) is 0 Å². The van der Waals surface area contributed by atoms with Gasteiger partial charge < -0.3 is 9.84 Å². The molecule has 2 heterocycles. The van der Waals surface area contributed by atoms with Crippen molar-refractivity contribution in [2.24, 2.45) is 5.41 Å². The van der Waals surface area contributed by atoms with Gasteiger partial charge >= 0.3 is 12.1 Å². The van der Waals surface area contributed by atoms with Crippen LogP contribution in [0.15, 0.2) is 24.4 Å². The fourth-order valence-corrected chi connectivity index (χ4v) is 2.33. The lowest BCUT2D eigenvalue weighted by Gasteiger charge is -2.18. The molecule has 0 saturated heterocycles. The Morgan fingerprint density at radius 1 is 1.38 bits per heavy atom. The number of ether oxygens (including phenoxy) is 1. The maximum atomic E-state index is 12.8. The topological polar surface area (TPSA) is 77.2 Å². The number of hydrogen-bond acceptors (Lipinski definition) is 4. The summed E-state index contributed by atoms with van der Waals surface area (Å²) in [7, 11) is 0. The molecule has 0 bridgehead atoms. The van der Waals surface area contributed by atoms with Crippen molar-refractivity contribution in [2.45, 2.75) is 19.0 Å². The predicted molar refractivity (Wildman–Crippen MR) is 76.5 cm³/mol.